The van der Waals surface area contributed by atoms with Crippen molar-refractivity contribution in [1.29, 1.82) is 0 Å². The second-order valence-corrected chi connectivity index (χ2v) is 5.42. The molecule has 126 valence electrons. The first-order valence-corrected chi connectivity index (χ1v) is 7.56. The molecule has 0 bridgehead atoms. The van der Waals surface area contributed by atoms with Crippen molar-refractivity contribution in [3.63, 3.8) is 0 Å². The van der Waals surface area contributed by atoms with Gasteiger partial charge in [-0.3, -0.25) is 4.79 Å². The summed E-state index contributed by atoms with van der Waals surface area (Å²) in [5.41, 5.74) is 0.919. The summed E-state index contributed by atoms with van der Waals surface area (Å²) in [5, 5.41) is 11.8. The molecule has 1 aliphatic heterocycles. The van der Waals surface area contributed by atoms with Gasteiger partial charge in [0.25, 0.3) is 0 Å². The maximum atomic E-state index is 12.1. The number of urea groups is 1. The first-order chi connectivity index (χ1) is 11.1. The zero-order valence-electron chi connectivity index (χ0n) is 13.2. The third-order valence-corrected chi connectivity index (χ3v) is 3.72. The Balaban J connectivity index is 1.80. The molecule has 1 atom stereocenters. The lowest BCUT2D eigenvalue weighted by Crippen LogP contribution is -2.38. The number of amides is 2. The summed E-state index contributed by atoms with van der Waals surface area (Å²) >= 11 is 0. The van der Waals surface area contributed by atoms with Crippen LogP contribution in [0.2, 0.25) is 0 Å². The Hall–Kier alpha value is -2.28. The van der Waals surface area contributed by atoms with Gasteiger partial charge in [0, 0.05) is 26.7 Å². The number of carbonyl (C=O) groups excluding carboxylic acids is 1. The van der Waals surface area contributed by atoms with Gasteiger partial charge >= 0.3 is 12.0 Å². The topological polar surface area (TPSA) is 88.1 Å². The third-order valence-electron chi connectivity index (χ3n) is 3.72. The molecule has 7 nitrogen and oxygen atoms in total. The summed E-state index contributed by atoms with van der Waals surface area (Å²) in [4.78, 5) is 24.5. The van der Waals surface area contributed by atoms with E-state index in [1.165, 1.54) is 4.90 Å². The molecule has 1 heterocycles. The standard InChI is InChI=1S/C16H22N2O5/c1-22-7-8-23-14-4-2-3-12(9-14)10-17-16(21)18-6-5-13(11-18)15(19)20/h2-4,9,13H,5-8,10-11H2,1H3,(H,17,21)(H,19,20). The fraction of sp³-hybridized carbons (Fsp3) is 0.500. The highest BCUT2D eigenvalue weighted by Crippen LogP contribution is 2.17. The van der Waals surface area contributed by atoms with Gasteiger partial charge in [-0.25, -0.2) is 4.79 Å². The highest BCUT2D eigenvalue weighted by atomic mass is 16.5. The number of carbonyl (C=O) groups is 2. The average Bonchev–Trinajstić information content (AvgIpc) is 3.04. The highest BCUT2D eigenvalue weighted by Gasteiger charge is 2.30. The summed E-state index contributed by atoms with van der Waals surface area (Å²) in [5.74, 6) is -0.583. The Labute approximate surface area is 135 Å². The van der Waals surface area contributed by atoms with Crippen molar-refractivity contribution < 1.29 is 24.2 Å². The molecule has 0 saturated carbocycles. The van der Waals surface area contributed by atoms with Crippen LogP contribution in [0.3, 0.4) is 0 Å². The maximum Gasteiger partial charge on any atom is 0.317 e. The average molecular weight is 322 g/mol. The van der Waals surface area contributed by atoms with E-state index in [0.717, 1.165) is 11.3 Å². The number of hydrogen-bond donors (Lipinski definition) is 2. The molecule has 0 radical (unpaired) electrons. The lowest BCUT2D eigenvalue weighted by atomic mass is 10.1. The van der Waals surface area contributed by atoms with E-state index in [0.29, 0.717) is 32.7 Å². The van der Waals surface area contributed by atoms with Gasteiger partial charge in [-0.1, -0.05) is 12.1 Å². The van der Waals surface area contributed by atoms with E-state index < -0.39 is 11.9 Å². The minimum Gasteiger partial charge on any atom is -0.491 e. The Morgan fingerprint density at radius 3 is 2.91 bits per heavy atom. The molecule has 7 heteroatoms. The molecule has 2 rings (SSSR count). The summed E-state index contributed by atoms with van der Waals surface area (Å²) in [6.45, 7) is 2.09. The van der Waals surface area contributed by atoms with Gasteiger partial charge in [0.2, 0.25) is 0 Å². The number of rotatable bonds is 7. The summed E-state index contributed by atoms with van der Waals surface area (Å²) in [6, 6.07) is 7.23. The summed E-state index contributed by atoms with van der Waals surface area (Å²) < 4.78 is 10.4. The number of nitrogens with zero attached hydrogens (tertiary/aromatic N) is 1. The second-order valence-electron chi connectivity index (χ2n) is 5.42. The van der Waals surface area contributed by atoms with Crippen molar-refractivity contribution in [2.75, 3.05) is 33.4 Å². The lowest BCUT2D eigenvalue weighted by Gasteiger charge is -2.17. The largest absolute Gasteiger partial charge is 0.491 e. The van der Waals surface area contributed by atoms with Crippen LogP contribution >= 0.6 is 0 Å². The molecule has 0 spiro atoms. The van der Waals surface area contributed by atoms with Gasteiger partial charge < -0.3 is 24.8 Å². The first kappa shape index (κ1) is 17.1. The monoisotopic (exact) mass is 322 g/mol. The predicted molar refractivity (Wildman–Crippen MR) is 83.4 cm³/mol. The van der Waals surface area contributed by atoms with E-state index in [1.807, 2.05) is 24.3 Å². The smallest absolute Gasteiger partial charge is 0.317 e. The van der Waals surface area contributed by atoms with Crippen LogP contribution in [0.15, 0.2) is 24.3 Å². The number of aliphatic carboxylic acids is 1. The van der Waals surface area contributed by atoms with Crippen LogP contribution in [0.4, 0.5) is 4.79 Å². The molecule has 0 aliphatic carbocycles. The molecule has 2 amide bonds. The van der Waals surface area contributed by atoms with Gasteiger partial charge in [0.1, 0.15) is 12.4 Å². The molecule has 1 unspecified atom stereocenters. The lowest BCUT2D eigenvalue weighted by molar-refractivity contribution is -0.141. The van der Waals surface area contributed by atoms with E-state index in [-0.39, 0.29) is 12.6 Å². The Kier molecular flexibility index (Phi) is 6.22. The number of hydrogen-bond acceptors (Lipinski definition) is 4. The van der Waals surface area contributed by atoms with Crippen LogP contribution in [-0.2, 0) is 16.1 Å². The van der Waals surface area contributed by atoms with Crippen LogP contribution in [0.25, 0.3) is 0 Å². The summed E-state index contributed by atoms with van der Waals surface area (Å²) in [7, 11) is 1.61. The van der Waals surface area contributed by atoms with E-state index in [2.05, 4.69) is 5.32 Å². The first-order valence-electron chi connectivity index (χ1n) is 7.56. The third kappa shape index (κ3) is 5.14. The number of likely N-dealkylation sites (tertiary alicyclic amines) is 1. The van der Waals surface area contributed by atoms with Crippen LogP contribution in [0.5, 0.6) is 5.75 Å². The summed E-state index contributed by atoms with van der Waals surface area (Å²) in [6.07, 6.45) is 0.506. The van der Waals surface area contributed by atoms with Crippen molar-refractivity contribution in [3.05, 3.63) is 29.8 Å². The van der Waals surface area contributed by atoms with Crippen molar-refractivity contribution in [2.24, 2.45) is 5.92 Å². The van der Waals surface area contributed by atoms with Crippen molar-refractivity contribution >= 4 is 12.0 Å². The van der Waals surface area contributed by atoms with Gasteiger partial charge in [-0.2, -0.15) is 0 Å². The quantitative estimate of drug-likeness (QED) is 0.739. The number of carboxylic acids is 1. The number of benzene rings is 1. The van der Waals surface area contributed by atoms with Crippen LogP contribution in [0, 0.1) is 5.92 Å². The van der Waals surface area contributed by atoms with Gasteiger partial charge in [0.05, 0.1) is 12.5 Å². The molecule has 1 saturated heterocycles. The fourth-order valence-corrected chi connectivity index (χ4v) is 2.42. The Morgan fingerprint density at radius 1 is 1.39 bits per heavy atom. The van der Waals surface area contributed by atoms with Crippen molar-refractivity contribution in [1.82, 2.24) is 10.2 Å². The van der Waals surface area contributed by atoms with Gasteiger partial charge in [-0.05, 0) is 24.1 Å². The van der Waals surface area contributed by atoms with Gasteiger partial charge in [0.15, 0.2) is 0 Å². The predicted octanol–water partition coefficient (Wildman–Crippen LogP) is 1.33. The minimum absolute atomic E-state index is 0.237. The molecule has 1 aromatic rings. The van der Waals surface area contributed by atoms with E-state index in [4.69, 9.17) is 14.6 Å². The molecular weight excluding hydrogens is 300 g/mol. The minimum atomic E-state index is -0.846. The molecular formula is C16H22N2O5. The van der Waals surface area contributed by atoms with E-state index in [1.54, 1.807) is 7.11 Å². The Bertz CT molecular complexity index is 549. The zero-order valence-corrected chi connectivity index (χ0v) is 13.2. The highest BCUT2D eigenvalue weighted by molar-refractivity contribution is 5.77. The number of nitrogens with one attached hydrogen (secondary N) is 1. The molecule has 1 aromatic carbocycles. The zero-order chi connectivity index (χ0) is 16.7. The van der Waals surface area contributed by atoms with Gasteiger partial charge in [-0.15, -0.1) is 0 Å². The normalized spacial score (nSPS) is 17.1. The molecule has 2 N–H and O–H groups in total. The van der Waals surface area contributed by atoms with E-state index >= 15 is 0 Å². The second kappa shape index (κ2) is 8.38. The molecule has 1 fully saturated rings. The van der Waals surface area contributed by atoms with Crippen LogP contribution in [0.1, 0.15) is 12.0 Å². The van der Waals surface area contributed by atoms with Crippen molar-refractivity contribution in [3.8, 4) is 5.75 Å². The Morgan fingerprint density at radius 2 is 2.22 bits per heavy atom. The molecule has 23 heavy (non-hydrogen) atoms. The maximum absolute atomic E-state index is 12.1. The SMILES string of the molecule is COCCOc1cccc(CNC(=O)N2CCC(C(=O)O)C2)c1. The number of methoxy groups -OCH3 is 1. The number of carboxylic acid groups (broad SMARTS) is 1. The van der Waals surface area contributed by atoms with Crippen molar-refractivity contribution in [2.45, 2.75) is 13.0 Å². The van der Waals surface area contributed by atoms with E-state index in [9.17, 15) is 9.59 Å². The molecule has 1 aliphatic rings. The van der Waals surface area contributed by atoms with Crippen LogP contribution < -0.4 is 10.1 Å². The fourth-order valence-electron chi connectivity index (χ4n) is 2.42. The van der Waals surface area contributed by atoms with Crippen LogP contribution in [-0.4, -0.2) is 55.4 Å². The molecule has 0 aromatic heterocycles. The number of ether oxygens (including phenoxy) is 2.